The summed E-state index contributed by atoms with van der Waals surface area (Å²) in [5, 5.41) is 24.4. The summed E-state index contributed by atoms with van der Waals surface area (Å²) in [7, 11) is 0. The van der Waals surface area contributed by atoms with Gasteiger partial charge in [0.25, 0.3) is 0 Å². The van der Waals surface area contributed by atoms with E-state index in [9.17, 15) is 14.9 Å². The van der Waals surface area contributed by atoms with Crippen LogP contribution in [0.4, 0.5) is 4.79 Å². The molecule has 1 aromatic carbocycles. The van der Waals surface area contributed by atoms with Crippen LogP contribution in [0.5, 0.6) is 0 Å². The topological polar surface area (TPSA) is 121 Å². The van der Waals surface area contributed by atoms with Gasteiger partial charge in [-0.3, -0.25) is 4.79 Å². The molecule has 1 aliphatic heterocycles. The molecule has 3 unspecified atom stereocenters. The van der Waals surface area contributed by atoms with Gasteiger partial charge in [0.15, 0.2) is 11.3 Å². The first kappa shape index (κ1) is 19.5. The van der Waals surface area contributed by atoms with Crippen LogP contribution in [0.15, 0.2) is 42.4 Å². The van der Waals surface area contributed by atoms with Gasteiger partial charge in [-0.25, -0.2) is 4.79 Å². The van der Waals surface area contributed by atoms with E-state index in [1.54, 1.807) is 0 Å². The van der Waals surface area contributed by atoms with Gasteiger partial charge in [-0.1, -0.05) is 43.2 Å². The van der Waals surface area contributed by atoms with E-state index < -0.39 is 23.6 Å². The van der Waals surface area contributed by atoms with Gasteiger partial charge in [0.05, 0.1) is 12.0 Å². The third-order valence-electron chi connectivity index (χ3n) is 5.14. The van der Waals surface area contributed by atoms with E-state index in [0.29, 0.717) is 12.8 Å². The molecule has 148 valence electrons. The molecule has 8 heteroatoms. The Hall–Kier alpha value is -3.21. The van der Waals surface area contributed by atoms with Crippen LogP contribution in [0.3, 0.4) is 0 Å². The van der Waals surface area contributed by atoms with Crippen molar-refractivity contribution in [3.8, 4) is 6.07 Å². The summed E-state index contributed by atoms with van der Waals surface area (Å²) in [5.74, 6) is -0.672. The molecule has 3 N–H and O–H groups in total. The van der Waals surface area contributed by atoms with E-state index in [0.717, 1.165) is 18.4 Å². The molecule has 2 amide bonds. The Balaban J connectivity index is 1.85. The SMILES string of the molecule is N#CC(Cc1ccccc1)(NC(=O)C1CCCCC1NC(=O)O)C1=COCO1. The third-order valence-corrected chi connectivity index (χ3v) is 5.14. The van der Waals surface area contributed by atoms with Crippen molar-refractivity contribution in [2.45, 2.75) is 43.7 Å². The second-order valence-corrected chi connectivity index (χ2v) is 7.03. The molecule has 0 bridgehead atoms. The maximum Gasteiger partial charge on any atom is 0.404 e. The number of rotatable bonds is 6. The highest BCUT2D eigenvalue weighted by Gasteiger charge is 2.43. The smallest absolute Gasteiger partial charge is 0.404 e. The van der Waals surface area contributed by atoms with Crippen LogP contribution >= 0.6 is 0 Å². The molecule has 0 spiro atoms. The lowest BCUT2D eigenvalue weighted by molar-refractivity contribution is -0.128. The van der Waals surface area contributed by atoms with E-state index in [-0.39, 0.29) is 24.9 Å². The zero-order chi connectivity index (χ0) is 20.0. The van der Waals surface area contributed by atoms with Crippen molar-refractivity contribution in [2.75, 3.05) is 6.79 Å². The predicted molar refractivity (Wildman–Crippen MR) is 98.7 cm³/mol. The van der Waals surface area contributed by atoms with Gasteiger partial charge in [-0.15, -0.1) is 0 Å². The molecular weight excluding hydrogens is 362 g/mol. The van der Waals surface area contributed by atoms with Gasteiger partial charge >= 0.3 is 6.09 Å². The number of nitrogens with one attached hydrogen (secondary N) is 2. The fourth-order valence-corrected chi connectivity index (χ4v) is 3.76. The fourth-order valence-electron chi connectivity index (χ4n) is 3.76. The zero-order valence-corrected chi connectivity index (χ0v) is 15.4. The van der Waals surface area contributed by atoms with Crippen molar-refractivity contribution >= 4 is 12.0 Å². The summed E-state index contributed by atoms with van der Waals surface area (Å²) in [5.41, 5.74) is -0.579. The largest absolute Gasteiger partial charge is 0.465 e. The number of amides is 2. The Bertz CT molecular complexity index is 789. The maximum atomic E-state index is 13.1. The van der Waals surface area contributed by atoms with Crippen molar-refractivity contribution < 1.29 is 24.2 Å². The lowest BCUT2D eigenvalue weighted by Gasteiger charge is -2.34. The van der Waals surface area contributed by atoms with E-state index in [1.165, 1.54) is 6.26 Å². The van der Waals surface area contributed by atoms with Gasteiger partial charge in [0.2, 0.25) is 12.7 Å². The van der Waals surface area contributed by atoms with E-state index >= 15 is 0 Å². The Labute approximate surface area is 163 Å². The number of hydrogen-bond donors (Lipinski definition) is 3. The van der Waals surface area contributed by atoms with Crippen LogP contribution in [-0.4, -0.2) is 35.5 Å². The van der Waals surface area contributed by atoms with Gasteiger partial charge in [-0.2, -0.15) is 5.26 Å². The number of carbonyl (C=O) groups excluding carboxylic acids is 1. The summed E-state index contributed by atoms with van der Waals surface area (Å²) < 4.78 is 10.6. The molecule has 1 fully saturated rings. The van der Waals surface area contributed by atoms with Crippen molar-refractivity contribution in [1.29, 1.82) is 5.26 Å². The van der Waals surface area contributed by atoms with Crippen molar-refractivity contribution in [3.05, 3.63) is 47.9 Å². The normalized spacial score (nSPS) is 23.2. The Morgan fingerprint density at radius 3 is 2.64 bits per heavy atom. The fraction of sp³-hybridized carbons (Fsp3) is 0.450. The minimum absolute atomic E-state index is 0.0178. The molecule has 0 saturated heterocycles. The Kier molecular flexibility index (Phi) is 6.04. The molecular formula is C20H23N3O5. The van der Waals surface area contributed by atoms with E-state index in [2.05, 4.69) is 16.7 Å². The molecule has 1 aliphatic carbocycles. The van der Waals surface area contributed by atoms with Crippen LogP contribution in [-0.2, 0) is 20.7 Å². The monoisotopic (exact) mass is 385 g/mol. The van der Waals surface area contributed by atoms with E-state index in [4.69, 9.17) is 14.6 Å². The van der Waals surface area contributed by atoms with E-state index in [1.807, 2.05) is 30.3 Å². The predicted octanol–water partition coefficient (Wildman–Crippen LogP) is 2.28. The van der Waals surface area contributed by atoms with Crippen LogP contribution in [0, 0.1) is 17.2 Å². The molecule has 1 heterocycles. The summed E-state index contributed by atoms with van der Waals surface area (Å²) in [6.07, 6.45) is 3.22. The number of carboxylic acid groups (broad SMARTS) is 1. The van der Waals surface area contributed by atoms with Gasteiger partial charge in [-0.05, 0) is 18.4 Å². The lowest BCUT2D eigenvalue weighted by Crippen LogP contribution is -2.56. The lowest BCUT2D eigenvalue weighted by atomic mass is 9.82. The van der Waals surface area contributed by atoms with Crippen LogP contribution in [0.25, 0.3) is 0 Å². The summed E-state index contributed by atoms with van der Waals surface area (Å²) in [6, 6.07) is 11.0. The molecule has 1 saturated carbocycles. The molecule has 3 atom stereocenters. The first-order chi connectivity index (χ1) is 13.5. The number of carbonyl (C=O) groups is 2. The van der Waals surface area contributed by atoms with Crippen molar-refractivity contribution in [1.82, 2.24) is 10.6 Å². The van der Waals surface area contributed by atoms with Crippen LogP contribution < -0.4 is 10.6 Å². The van der Waals surface area contributed by atoms with Crippen molar-refractivity contribution in [2.24, 2.45) is 5.92 Å². The molecule has 1 aromatic rings. The maximum absolute atomic E-state index is 13.1. The second-order valence-electron chi connectivity index (χ2n) is 7.03. The number of nitrogens with zero attached hydrogens (tertiary/aromatic N) is 1. The molecule has 0 aromatic heterocycles. The number of hydrogen-bond acceptors (Lipinski definition) is 5. The Morgan fingerprint density at radius 2 is 2.00 bits per heavy atom. The number of nitriles is 1. The molecule has 3 rings (SSSR count). The minimum atomic E-state index is -1.43. The van der Waals surface area contributed by atoms with Gasteiger partial charge in [0.1, 0.15) is 6.26 Å². The second kappa shape index (κ2) is 8.65. The quantitative estimate of drug-likeness (QED) is 0.691. The molecule has 2 aliphatic rings. The standard InChI is InChI=1S/C20H23N3O5/c21-12-20(17-11-27-13-28-17,10-14-6-2-1-3-7-14)23-18(24)15-8-4-5-9-16(15)22-19(25)26/h1-3,6-7,11,15-16,22H,4-5,8-10,13H2,(H,23,24)(H,25,26). The zero-order valence-electron chi connectivity index (χ0n) is 15.4. The summed E-state index contributed by atoms with van der Waals surface area (Å²) in [4.78, 5) is 24.2. The minimum Gasteiger partial charge on any atom is -0.465 e. The number of benzene rings is 1. The molecule has 28 heavy (non-hydrogen) atoms. The average molecular weight is 385 g/mol. The number of ether oxygens (including phenoxy) is 2. The first-order valence-corrected chi connectivity index (χ1v) is 9.26. The first-order valence-electron chi connectivity index (χ1n) is 9.26. The van der Waals surface area contributed by atoms with Crippen LogP contribution in [0.1, 0.15) is 31.2 Å². The summed E-state index contributed by atoms with van der Waals surface area (Å²) in [6.45, 7) is -0.0178. The molecule has 8 nitrogen and oxygen atoms in total. The summed E-state index contributed by atoms with van der Waals surface area (Å²) >= 11 is 0. The van der Waals surface area contributed by atoms with Gasteiger partial charge in [0, 0.05) is 12.5 Å². The molecule has 0 radical (unpaired) electrons. The van der Waals surface area contributed by atoms with Crippen LogP contribution in [0.2, 0.25) is 0 Å². The highest BCUT2D eigenvalue weighted by atomic mass is 16.7. The average Bonchev–Trinajstić information content (AvgIpc) is 3.23. The van der Waals surface area contributed by atoms with Gasteiger partial charge < -0.3 is 25.2 Å². The van der Waals surface area contributed by atoms with Crippen molar-refractivity contribution in [3.63, 3.8) is 0 Å². The Morgan fingerprint density at radius 1 is 1.25 bits per heavy atom. The highest BCUT2D eigenvalue weighted by Crippen LogP contribution is 2.30. The highest BCUT2D eigenvalue weighted by molar-refractivity contribution is 5.82. The third kappa shape index (κ3) is 4.36.